The first kappa shape index (κ1) is 16.0. The molecule has 0 aliphatic heterocycles. The van der Waals surface area contributed by atoms with E-state index < -0.39 is 6.03 Å². The first-order chi connectivity index (χ1) is 10.5. The molecular weight excluding hydrogens is 353 g/mol. The van der Waals surface area contributed by atoms with Gasteiger partial charge in [-0.05, 0) is 57.4 Å². The Bertz CT molecular complexity index is 690. The molecule has 7 heteroatoms. The van der Waals surface area contributed by atoms with Crippen LogP contribution in [0.4, 0.5) is 9.18 Å². The van der Waals surface area contributed by atoms with Crippen molar-refractivity contribution in [3.05, 3.63) is 63.9 Å². The standard InChI is InChI=1S/C15H13BrFN3O2/c16-13-7-11(8-19-20-15(18)21)3-6-14(13)22-9-10-1-4-12(17)5-2-10/h1-8H,9H2,(H3,18,20,21). The Balaban J connectivity index is 1.98. The molecule has 5 nitrogen and oxygen atoms in total. The fraction of sp³-hybridized carbons (Fsp3) is 0.0667. The van der Waals surface area contributed by atoms with Gasteiger partial charge in [-0.1, -0.05) is 12.1 Å². The fourth-order valence-corrected chi connectivity index (χ4v) is 2.14. The van der Waals surface area contributed by atoms with E-state index in [2.05, 4.69) is 26.5 Å². The number of ether oxygens (including phenoxy) is 1. The van der Waals surface area contributed by atoms with Crippen molar-refractivity contribution in [1.29, 1.82) is 0 Å². The number of primary amides is 1. The van der Waals surface area contributed by atoms with Crippen LogP contribution in [0.1, 0.15) is 11.1 Å². The molecule has 0 heterocycles. The fourth-order valence-electron chi connectivity index (χ4n) is 1.63. The van der Waals surface area contributed by atoms with Gasteiger partial charge in [0.1, 0.15) is 18.2 Å². The summed E-state index contributed by atoms with van der Waals surface area (Å²) in [5, 5.41) is 3.67. The molecule has 0 fully saturated rings. The number of benzene rings is 2. The van der Waals surface area contributed by atoms with Crippen molar-refractivity contribution in [2.24, 2.45) is 10.8 Å². The summed E-state index contributed by atoms with van der Waals surface area (Å²) in [6.07, 6.45) is 1.46. The second kappa shape index (κ2) is 7.56. The van der Waals surface area contributed by atoms with Gasteiger partial charge in [-0.15, -0.1) is 0 Å². The van der Waals surface area contributed by atoms with Gasteiger partial charge in [0, 0.05) is 0 Å². The summed E-state index contributed by atoms with van der Waals surface area (Å²) in [4.78, 5) is 10.5. The number of nitrogens with zero attached hydrogens (tertiary/aromatic N) is 1. The molecular formula is C15H13BrFN3O2. The molecule has 3 N–H and O–H groups in total. The Kier molecular flexibility index (Phi) is 5.48. The molecule has 2 amide bonds. The van der Waals surface area contributed by atoms with E-state index in [1.807, 2.05) is 0 Å². The maximum atomic E-state index is 12.8. The number of hydrogen-bond donors (Lipinski definition) is 2. The quantitative estimate of drug-likeness (QED) is 0.630. The van der Waals surface area contributed by atoms with Crippen LogP contribution in [0, 0.1) is 5.82 Å². The van der Waals surface area contributed by atoms with E-state index in [0.29, 0.717) is 12.4 Å². The first-order valence-electron chi connectivity index (χ1n) is 6.30. The third-order valence-electron chi connectivity index (χ3n) is 2.65. The maximum Gasteiger partial charge on any atom is 0.332 e. The van der Waals surface area contributed by atoms with Crippen molar-refractivity contribution < 1.29 is 13.9 Å². The monoisotopic (exact) mass is 365 g/mol. The van der Waals surface area contributed by atoms with Gasteiger partial charge in [0.05, 0.1) is 10.7 Å². The number of amides is 2. The zero-order valence-corrected chi connectivity index (χ0v) is 13.0. The minimum atomic E-state index is -0.727. The van der Waals surface area contributed by atoms with Gasteiger partial charge >= 0.3 is 6.03 Å². The average Bonchev–Trinajstić information content (AvgIpc) is 2.48. The zero-order chi connectivity index (χ0) is 15.9. The molecule has 0 aliphatic rings. The normalized spacial score (nSPS) is 10.6. The highest BCUT2D eigenvalue weighted by Crippen LogP contribution is 2.26. The summed E-state index contributed by atoms with van der Waals surface area (Å²) in [5.74, 6) is 0.363. The summed E-state index contributed by atoms with van der Waals surface area (Å²) in [7, 11) is 0. The van der Waals surface area contributed by atoms with Crippen molar-refractivity contribution in [1.82, 2.24) is 5.43 Å². The number of carbonyl (C=O) groups is 1. The smallest absolute Gasteiger partial charge is 0.332 e. The van der Waals surface area contributed by atoms with Crippen LogP contribution in [-0.4, -0.2) is 12.2 Å². The largest absolute Gasteiger partial charge is 0.488 e. The molecule has 0 aromatic heterocycles. The van der Waals surface area contributed by atoms with Crippen molar-refractivity contribution in [2.75, 3.05) is 0 Å². The molecule has 0 spiro atoms. The van der Waals surface area contributed by atoms with Gasteiger partial charge in [-0.25, -0.2) is 14.6 Å². The van der Waals surface area contributed by atoms with Crippen molar-refractivity contribution in [2.45, 2.75) is 6.61 Å². The second-order valence-electron chi connectivity index (χ2n) is 4.34. The summed E-state index contributed by atoms with van der Waals surface area (Å²) >= 11 is 3.39. The molecule has 0 unspecified atom stereocenters. The molecule has 0 saturated heterocycles. The van der Waals surface area contributed by atoms with E-state index in [1.165, 1.54) is 18.3 Å². The van der Waals surface area contributed by atoms with Gasteiger partial charge in [0.25, 0.3) is 0 Å². The molecule has 0 aliphatic carbocycles. The van der Waals surface area contributed by atoms with Crippen LogP contribution in [-0.2, 0) is 6.61 Å². The zero-order valence-electron chi connectivity index (χ0n) is 11.4. The van der Waals surface area contributed by atoms with Crippen LogP contribution in [0.25, 0.3) is 0 Å². The molecule has 2 aromatic carbocycles. The highest BCUT2D eigenvalue weighted by molar-refractivity contribution is 9.10. The Labute approximate surface area is 135 Å². The van der Waals surface area contributed by atoms with E-state index in [4.69, 9.17) is 10.5 Å². The lowest BCUT2D eigenvalue weighted by molar-refractivity contribution is 0.249. The Hall–Kier alpha value is -2.41. The summed E-state index contributed by atoms with van der Waals surface area (Å²) in [5.41, 5.74) is 8.63. The van der Waals surface area contributed by atoms with Crippen LogP contribution in [0.5, 0.6) is 5.75 Å². The van der Waals surface area contributed by atoms with Crippen molar-refractivity contribution in [3.8, 4) is 5.75 Å². The third kappa shape index (κ3) is 4.85. The van der Waals surface area contributed by atoms with Crippen LogP contribution < -0.4 is 15.9 Å². The lowest BCUT2D eigenvalue weighted by Gasteiger charge is -2.09. The first-order valence-corrected chi connectivity index (χ1v) is 7.09. The van der Waals surface area contributed by atoms with Crippen LogP contribution in [0.2, 0.25) is 0 Å². The molecule has 0 bridgehead atoms. The summed E-state index contributed by atoms with van der Waals surface area (Å²) < 4.78 is 19.2. The van der Waals surface area contributed by atoms with E-state index >= 15 is 0 Å². The number of halogens is 2. The summed E-state index contributed by atoms with van der Waals surface area (Å²) in [6.45, 7) is 0.329. The minimum Gasteiger partial charge on any atom is -0.488 e. The van der Waals surface area contributed by atoms with E-state index in [-0.39, 0.29) is 5.82 Å². The second-order valence-corrected chi connectivity index (χ2v) is 5.19. The van der Waals surface area contributed by atoms with E-state index in [1.54, 1.807) is 30.3 Å². The van der Waals surface area contributed by atoms with Gasteiger partial charge in [0.2, 0.25) is 0 Å². The molecule has 2 aromatic rings. The average molecular weight is 366 g/mol. The number of nitrogens with one attached hydrogen (secondary N) is 1. The van der Waals surface area contributed by atoms with Crippen LogP contribution in [0.3, 0.4) is 0 Å². The Morgan fingerprint density at radius 1 is 1.32 bits per heavy atom. The van der Waals surface area contributed by atoms with Crippen molar-refractivity contribution >= 4 is 28.2 Å². The Morgan fingerprint density at radius 3 is 2.68 bits per heavy atom. The maximum absolute atomic E-state index is 12.8. The number of carbonyl (C=O) groups excluding carboxylic acids is 1. The van der Waals surface area contributed by atoms with Crippen LogP contribution >= 0.6 is 15.9 Å². The van der Waals surface area contributed by atoms with Gasteiger partial charge in [0.15, 0.2) is 0 Å². The SMILES string of the molecule is NC(=O)NN=Cc1ccc(OCc2ccc(F)cc2)c(Br)c1. The number of rotatable bonds is 5. The topological polar surface area (TPSA) is 76.7 Å². The highest BCUT2D eigenvalue weighted by Gasteiger charge is 2.03. The van der Waals surface area contributed by atoms with Gasteiger partial charge in [-0.2, -0.15) is 5.10 Å². The number of hydrazone groups is 1. The highest BCUT2D eigenvalue weighted by atomic mass is 79.9. The molecule has 0 radical (unpaired) electrons. The molecule has 114 valence electrons. The number of hydrogen-bond acceptors (Lipinski definition) is 3. The lowest BCUT2D eigenvalue weighted by Crippen LogP contribution is -2.24. The molecule has 0 atom stereocenters. The predicted octanol–water partition coefficient (Wildman–Crippen LogP) is 3.17. The lowest BCUT2D eigenvalue weighted by atomic mass is 10.2. The molecule has 2 rings (SSSR count). The van der Waals surface area contributed by atoms with E-state index in [0.717, 1.165) is 15.6 Å². The van der Waals surface area contributed by atoms with Gasteiger partial charge in [-0.3, -0.25) is 0 Å². The van der Waals surface area contributed by atoms with Crippen LogP contribution in [0.15, 0.2) is 52.0 Å². The third-order valence-corrected chi connectivity index (χ3v) is 3.27. The predicted molar refractivity (Wildman–Crippen MR) is 85.2 cm³/mol. The summed E-state index contributed by atoms with van der Waals surface area (Å²) in [6, 6.07) is 10.7. The number of urea groups is 1. The molecule has 22 heavy (non-hydrogen) atoms. The van der Waals surface area contributed by atoms with Gasteiger partial charge < -0.3 is 10.5 Å². The number of nitrogens with two attached hydrogens (primary N) is 1. The minimum absolute atomic E-state index is 0.279. The van der Waals surface area contributed by atoms with Crippen molar-refractivity contribution in [3.63, 3.8) is 0 Å². The Morgan fingerprint density at radius 2 is 2.05 bits per heavy atom. The van der Waals surface area contributed by atoms with E-state index in [9.17, 15) is 9.18 Å². The molecule has 0 saturated carbocycles.